The lowest BCUT2D eigenvalue weighted by atomic mass is 10.2. The number of sulfonamides is 1. The first-order valence-electron chi connectivity index (χ1n) is 11.3. The first-order chi connectivity index (χ1) is 15.7. The standard InChI is InChI=1S/C22H33FN4O5S/c1-18(2)17-32-22(29)26-9-5-8-24(10-11-26)16-21(28)25-12-14-27(15-13-25)33(30,31)20-7-4-3-6-19(20)23/h3-4,6-7,18H,5,8-17H2,1-2H3. The predicted octanol–water partition coefficient (Wildman–Crippen LogP) is 1.46. The third-order valence-electron chi connectivity index (χ3n) is 5.79. The highest BCUT2D eigenvalue weighted by Crippen LogP contribution is 2.20. The molecule has 0 N–H and O–H groups in total. The fourth-order valence-electron chi connectivity index (χ4n) is 3.90. The van der Waals surface area contributed by atoms with E-state index in [9.17, 15) is 22.4 Å². The van der Waals surface area contributed by atoms with Crippen LogP contribution in [0.5, 0.6) is 0 Å². The Balaban J connectivity index is 1.47. The van der Waals surface area contributed by atoms with Crippen molar-refractivity contribution in [2.24, 2.45) is 5.92 Å². The van der Waals surface area contributed by atoms with Crippen LogP contribution in [0.4, 0.5) is 9.18 Å². The fraction of sp³-hybridized carbons (Fsp3) is 0.636. The van der Waals surface area contributed by atoms with Crippen molar-refractivity contribution in [3.05, 3.63) is 30.1 Å². The summed E-state index contributed by atoms with van der Waals surface area (Å²) < 4.78 is 46.0. The SMILES string of the molecule is CC(C)COC(=O)N1CCCN(CC(=O)N2CCN(S(=O)(=O)c3ccccc3F)CC2)CC1. The van der Waals surface area contributed by atoms with E-state index in [-0.39, 0.29) is 55.5 Å². The summed E-state index contributed by atoms with van der Waals surface area (Å²) in [5.74, 6) is -0.578. The van der Waals surface area contributed by atoms with E-state index >= 15 is 0 Å². The minimum Gasteiger partial charge on any atom is -0.449 e. The molecule has 1 aromatic carbocycles. The molecule has 0 spiro atoms. The van der Waals surface area contributed by atoms with Gasteiger partial charge in [0.25, 0.3) is 0 Å². The summed E-state index contributed by atoms with van der Waals surface area (Å²) in [6.07, 6.45) is 0.433. The summed E-state index contributed by atoms with van der Waals surface area (Å²) in [5, 5.41) is 0. The Morgan fingerprint density at radius 3 is 2.30 bits per heavy atom. The Labute approximate surface area is 195 Å². The number of hydrogen-bond acceptors (Lipinski definition) is 6. The highest BCUT2D eigenvalue weighted by atomic mass is 32.2. The first-order valence-corrected chi connectivity index (χ1v) is 12.8. The van der Waals surface area contributed by atoms with E-state index in [2.05, 4.69) is 0 Å². The van der Waals surface area contributed by atoms with Gasteiger partial charge in [-0.25, -0.2) is 17.6 Å². The van der Waals surface area contributed by atoms with Gasteiger partial charge in [-0.1, -0.05) is 26.0 Å². The second-order valence-electron chi connectivity index (χ2n) is 8.80. The van der Waals surface area contributed by atoms with Crippen LogP contribution in [0.1, 0.15) is 20.3 Å². The van der Waals surface area contributed by atoms with Crippen LogP contribution < -0.4 is 0 Å². The van der Waals surface area contributed by atoms with E-state index in [1.54, 1.807) is 9.80 Å². The molecule has 0 aliphatic carbocycles. The zero-order valence-corrected chi connectivity index (χ0v) is 20.1. The maximum atomic E-state index is 14.0. The van der Waals surface area contributed by atoms with Crippen LogP contribution in [0, 0.1) is 11.7 Å². The van der Waals surface area contributed by atoms with E-state index in [0.29, 0.717) is 32.8 Å². The largest absolute Gasteiger partial charge is 0.449 e. The highest BCUT2D eigenvalue weighted by molar-refractivity contribution is 7.89. The van der Waals surface area contributed by atoms with Gasteiger partial charge in [0.1, 0.15) is 10.7 Å². The van der Waals surface area contributed by atoms with Crippen molar-refractivity contribution in [3.8, 4) is 0 Å². The van der Waals surface area contributed by atoms with Crippen LogP contribution in [-0.4, -0.2) is 105 Å². The molecule has 2 amide bonds. The van der Waals surface area contributed by atoms with Crippen LogP contribution >= 0.6 is 0 Å². The van der Waals surface area contributed by atoms with E-state index in [1.165, 1.54) is 22.5 Å². The summed E-state index contributed by atoms with van der Waals surface area (Å²) in [4.78, 5) is 30.0. The molecule has 1 aromatic rings. The summed E-state index contributed by atoms with van der Waals surface area (Å²) in [5.41, 5.74) is 0. The van der Waals surface area contributed by atoms with Gasteiger partial charge in [0.15, 0.2) is 0 Å². The molecule has 2 aliphatic heterocycles. The van der Waals surface area contributed by atoms with Crippen molar-refractivity contribution in [3.63, 3.8) is 0 Å². The number of carbonyl (C=O) groups is 2. The number of amides is 2. The number of carbonyl (C=O) groups excluding carboxylic acids is 2. The van der Waals surface area contributed by atoms with Crippen LogP contribution in [0.2, 0.25) is 0 Å². The van der Waals surface area contributed by atoms with Crippen molar-refractivity contribution in [2.75, 3.05) is 65.5 Å². The van der Waals surface area contributed by atoms with Crippen LogP contribution in [0.3, 0.4) is 0 Å². The molecular weight excluding hydrogens is 451 g/mol. The lowest BCUT2D eigenvalue weighted by Gasteiger charge is -2.35. The zero-order chi connectivity index (χ0) is 24.0. The first kappa shape index (κ1) is 25.4. The molecule has 11 heteroatoms. The lowest BCUT2D eigenvalue weighted by molar-refractivity contribution is -0.133. The summed E-state index contributed by atoms with van der Waals surface area (Å²) in [6, 6.07) is 5.31. The minimum atomic E-state index is -3.94. The molecule has 2 fully saturated rings. The summed E-state index contributed by atoms with van der Waals surface area (Å²) in [6.45, 7) is 7.69. The smallest absolute Gasteiger partial charge is 0.409 e. The topological polar surface area (TPSA) is 90.5 Å². The van der Waals surface area contributed by atoms with Gasteiger partial charge < -0.3 is 14.5 Å². The molecular formula is C22H33FN4O5S. The Hall–Kier alpha value is -2.24. The Kier molecular flexibility index (Phi) is 8.66. The van der Waals surface area contributed by atoms with Gasteiger partial charge in [0, 0.05) is 52.4 Å². The van der Waals surface area contributed by atoms with Crippen LogP contribution in [0.15, 0.2) is 29.2 Å². The molecule has 0 aromatic heterocycles. The van der Waals surface area contributed by atoms with E-state index in [1.807, 2.05) is 18.7 Å². The highest BCUT2D eigenvalue weighted by Gasteiger charge is 2.32. The summed E-state index contributed by atoms with van der Waals surface area (Å²) >= 11 is 0. The molecule has 0 saturated carbocycles. The molecule has 9 nitrogen and oxygen atoms in total. The predicted molar refractivity (Wildman–Crippen MR) is 121 cm³/mol. The van der Waals surface area contributed by atoms with Gasteiger partial charge in [0.2, 0.25) is 15.9 Å². The molecule has 2 aliphatic rings. The van der Waals surface area contributed by atoms with E-state index < -0.39 is 15.8 Å². The zero-order valence-electron chi connectivity index (χ0n) is 19.3. The van der Waals surface area contributed by atoms with Crippen molar-refractivity contribution < 1.29 is 27.1 Å². The van der Waals surface area contributed by atoms with E-state index in [4.69, 9.17) is 4.74 Å². The number of nitrogens with zero attached hydrogens (tertiary/aromatic N) is 4. The lowest BCUT2D eigenvalue weighted by Crippen LogP contribution is -2.52. The van der Waals surface area contributed by atoms with Gasteiger partial charge in [-0.05, 0) is 24.5 Å². The number of rotatable bonds is 6. The molecule has 0 atom stereocenters. The maximum absolute atomic E-state index is 14.0. The second kappa shape index (κ2) is 11.3. The fourth-order valence-corrected chi connectivity index (χ4v) is 5.39. The third kappa shape index (κ3) is 6.64. The number of ether oxygens (including phenoxy) is 1. The number of hydrogen-bond donors (Lipinski definition) is 0. The van der Waals surface area contributed by atoms with Gasteiger partial charge in [-0.2, -0.15) is 4.31 Å². The average molecular weight is 485 g/mol. The van der Waals surface area contributed by atoms with Gasteiger partial charge in [0.05, 0.1) is 13.2 Å². The van der Waals surface area contributed by atoms with Crippen molar-refractivity contribution in [2.45, 2.75) is 25.2 Å². The Morgan fingerprint density at radius 1 is 0.970 bits per heavy atom. The Morgan fingerprint density at radius 2 is 1.64 bits per heavy atom. The van der Waals surface area contributed by atoms with Crippen molar-refractivity contribution in [1.29, 1.82) is 0 Å². The molecule has 0 radical (unpaired) electrons. The number of piperazine rings is 1. The summed E-state index contributed by atoms with van der Waals surface area (Å²) in [7, 11) is -3.94. The Bertz CT molecular complexity index is 934. The molecule has 0 unspecified atom stereocenters. The van der Waals surface area contributed by atoms with Crippen molar-refractivity contribution in [1.82, 2.24) is 19.0 Å². The monoisotopic (exact) mass is 484 g/mol. The second-order valence-corrected chi connectivity index (χ2v) is 10.7. The van der Waals surface area contributed by atoms with E-state index in [0.717, 1.165) is 12.5 Å². The van der Waals surface area contributed by atoms with Crippen molar-refractivity contribution >= 4 is 22.0 Å². The molecule has 3 rings (SSSR count). The number of benzene rings is 1. The van der Waals surface area contributed by atoms with Crippen LogP contribution in [0.25, 0.3) is 0 Å². The molecule has 0 bridgehead atoms. The maximum Gasteiger partial charge on any atom is 0.409 e. The quantitative estimate of drug-likeness (QED) is 0.607. The molecule has 184 valence electrons. The van der Waals surface area contributed by atoms with Gasteiger partial charge >= 0.3 is 6.09 Å². The van der Waals surface area contributed by atoms with Crippen LogP contribution in [-0.2, 0) is 19.6 Å². The van der Waals surface area contributed by atoms with Gasteiger partial charge in [-0.3, -0.25) is 9.69 Å². The molecule has 2 heterocycles. The number of halogens is 1. The normalized spacial score (nSPS) is 18.9. The third-order valence-corrected chi connectivity index (χ3v) is 7.72. The minimum absolute atomic E-state index is 0.0752. The molecule has 2 saturated heterocycles. The van der Waals surface area contributed by atoms with Gasteiger partial charge in [-0.15, -0.1) is 0 Å². The average Bonchev–Trinajstić information content (AvgIpc) is 3.03. The molecule has 33 heavy (non-hydrogen) atoms.